The Kier molecular flexibility index (Phi) is 5.13. The van der Waals surface area contributed by atoms with Gasteiger partial charge in [-0.1, -0.05) is 0 Å². The van der Waals surface area contributed by atoms with Gasteiger partial charge >= 0.3 is 5.97 Å². The lowest BCUT2D eigenvalue weighted by atomic mass is 10.0. The second kappa shape index (κ2) is 6.89. The summed E-state index contributed by atoms with van der Waals surface area (Å²) in [5.74, 6) is -0.271. The zero-order chi connectivity index (χ0) is 17.1. The van der Waals surface area contributed by atoms with Gasteiger partial charge in [0, 0.05) is 23.4 Å². The molecule has 1 amide bonds. The highest BCUT2D eigenvalue weighted by Gasteiger charge is 2.46. The Labute approximate surface area is 135 Å². The van der Waals surface area contributed by atoms with Crippen LogP contribution in [0.15, 0.2) is 18.2 Å². The summed E-state index contributed by atoms with van der Waals surface area (Å²) < 4.78 is 10.6. The van der Waals surface area contributed by atoms with Gasteiger partial charge in [0.1, 0.15) is 11.5 Å². The summed E-state index contributed by atoms with van der Waals surface area (Å²) in [7, 11) is 3.19. The minimum Gasteiger partial charge on any atom is -0.497 e. The number of aliphatic carboxylic acids is 1. The van der Waals surface area contributed by atoms with Crippen molar-refractivity contribution in [2.75, 3.05) is 14.2 Å². The largest absolute Gasteiger partial charge is 0.497 e. The predicted octanol–water partition coefficient (Wildman–Crippen LogP) is 2.03. The number of methoxy groups -OCH3 is 2. The lowest BCUT2D eigenvalue weighted by Crippen LogP contribution is -2.40. The Balaban J connectivity index is 2.04. The lowest BCUT2D eigenvalue weighted by molar-refractivity contribution is -0.142. The van der Waals surface area contributed by atoms with E-state index in [1.807, 2.05) is 18.2 Å². The molecule has 1 aromatic carbocycles. The number of carbonyl (C=O) groups excluding carboxylic acids is 1. The maximum absolute atomic E-state index is 12.3. The third kappa shape index (κ3) is 3.75. The van der Waals surface area contributed by atoms with E-state index in [-0.39, 0.29) is 17.7 Å². The van der Waals surface area contributed by atoms with Crippen molar-refractivity contribution in [1.82, 2.24) is 5.32 Å². The first-order chi connectivity index (χ1) is 10.9. The first-order valence-corrected chi connectivity index (χ1v) is 7.64. The smallest absolute Gasteiger partial charge is 0.308 e. The van der Waals surface area contributed by atoms with E-state index >= 15 is 0 Å². The first kappa shape index (κ1) is 17.1. The van der Waals surface area contributed by atoms with Gasteiger partial charge in [-0.3, -0.25) is 9.59 Å². The number of hydrogen-bond acceptors (Lipinski definition) is 4. The van der Waals surface area contributed by atoms with Crippen LogP contribution in [-0.2, 0) is 9.59 Å². The fraction of sp³-hybridized carbons (Fsp3) is 0.529. The highest BCUT2D eigenvalue weighted by atomic mass is 16.5. The molecule has 1 aliphatic carbocycles. The summed E-state index contributed by atoms with van der Waals surface area (Å²) in [5, 5.41) is 11.8. The van der Waals surface area contributed by atoms with Crippen LogP contribution in [0.25, 0.3) is 0 Å². The van der Waals surface area contributed by atoms with E-state index in [0.29, 0.717) is 0 Å². The molecular weight excluding hydrogens is 298 g/mol. The van der Waals surface area contributed by atoms with E-state index in [4.69, 9.17) is 14.6 Å². The molecule has 0 aromatic heterocycles. The second-order valence-electron chi connectivity index (χ2n) is 5.98. The molecule has 1 aromatic rings. The standard InChI is InChI=1S/C17H23NO5/c1-9(17(20)21)10(2)18-16(19)14-8-12(14)13-7-11(22-3)5-6-15(13)23-4/h5-7,9-10,12,14H,8H2,1-4H3,(H,18,19)(H,20,21). The molecule has 6 nitrogen and oxygen atoms in total. The zero-order valence-electron chi connectivity index (χ0n) is 13.8. The Hall–Kier alpha value is -2.24. The predicted molar refractivity (Wildman–Crippen MR) is 84.8 cm³/mol. The Morgan fingerprint density at radius 3 is 2.52 bits per heavy atom. The Bertz CT molecular complexity index is 601. The summed E-state index contributed by atoms with van der Waals surface area (Å²) in [5.41, 5.74) is 0.950. The number of benzene rings is 1. The normalized spacial score (nSPS) is 21.9. The molecule has 2 rings (SSSR count). The number of amides is 1. The molecule has 4 atom stereocenters. The molecule has 1 fully saturated rings. The summed E-state index contributed by atoms with van der Waals surface area (Å²) in [6, 6.07) is 5.13. The number of carbonyl (C=O) groups is 2. The minimum atomic E-state index is -0.917. The molecule has 1 aliphatic rings. The molecule has 0 heterocycles. The lowest BCUT2D eigenvalue weighted by Gasteiger charge is -2.18. The number of ether oxygens (including phenoxy) is 2. The maximum Gasteiger partial charge on any atom is 0.308 e. The van der Waals surface area contributed by atoms with E-state index in [9.17, 15) is 9.59 Å². The molecule has 1 saturated carbocycles. The molecule has 0 aliphatic heterocycles. The summed E-state index contributed by atoms with van der Waals surface area (Å²) in [4.78, 5) is 23.3. The van der Waals surface area contributed by atoms with Crippen LogP contribution in [0, 0.1) is 11.8 Å². The Morgan fingerprint density at radius 1 is 1.26 bits per heavy atom. The highest BCUT2D eigenvalue weighted by molar-refractivity contribution is 5.84. The average molecular weight is 321 g/mol. The number of carboxylic acids is 1. The summed E-state index contributed by atoms with van der Waals surface area (Å²) in [6.07, 6.45) is 0.726. The van der Waals surface area contributed by atoms with E-state index in [0.717, 1.165) is 23.5 Å². The van der Waals surface area contributed by atoms with Crippen molar-refractivity contribution < 1.29 is 24.2 Å². The van der Waals surface area contributed by atoms with Crippen molar-refractivity contribution in [3.8, 4) is 11.5 Å². The van der Waals surface area contributed by atoms with Gasteiger partial charge in [-0.15, -0.1) is 0 Å². The van der Waals surface area contributed by atoms with E-state index < -0.39 is 17.9 Å². The van der Waals surface area contributed by atoms with Crippen LogP contribution in [0.5, 0.6) is 11.5 Å². The van der Waals surface area contributed by atoms with Crippen LogP contribution in [0.4, 0.5) is 0 Å². The fourth-order valence-electron chi connectivity index (χ4n) is 2.63. The van der Waals surface area contributed by atoms with Crippen LogP contribution >= 0.6 is 0 Å². The van der Waals surface area contributed by atoms with Gasteiger partial charge in [0.05, 0.1) is 20.1 Å². The monoisotopic (exact) mass is 321 g/mol. The number of nitrogens with one attached hydrogen (secondary N) is 1. The summed E-state index contributed by atoms with van der Waals surface area (Å²) >= 11 is 0. The first-order valence-electron chi connectivity index (χ1n) is 7.64. The number of rotatable bonds is 7. The molecule has 0 spiro atoms. The van der Waals surface area contributed by atoms with Gasteiger partial charge in [0.25, 0.3) is 0 Å². The van der Waals surface area contributed by atoms with Crippen molar-refractivity contribution in [3.63, 3.8) is 0 Å². The van der Waals surface area contributed by atoms with Crippen LogP contribution in [0.2, 0.25) is 0 Å². The minimum absolute atomic E-state index is 0.0763. The fourth-order valence-corrected chi connectivity index (χ4v) is 2.63. The van der Waals surface area contributed by atoms with E-state index in [2.05, 4.69) is 5.32 Å². The summed E-state index contributed by atoms with van der Waals surface area (Å²) in [6.45, 7) is 3.29. The van der Waals surface area contributed by atoms with Gasteiger partial charge in [-0.2, -0.15) is 0 Å². The zero-order valence-corrected chi connectivity index (χ0v) is 13.8. The molecule has 0 bridgehead atoms. The molecule has 0 radical (unpaired) electrons. The van der Waals surface area contributed by atoms with Crippen molar-refractivity contribution in [2.45, 2.75) is 32.2 Å². The van der Waals surface area contributed by atoms with Gasteiger partial charge in [-0.05, 0) is 38.5 Å². The molecule has 4 unspecified atom stereocenters. The van der Waals surface area contributed by atoms with Crippen LogP contribution < -0.4 is 14.8 Å². The van der Waals surface area contributed by atoms with Gasteiger partial charge in [-0.25, -0.2) is 0 Å². The average Bonchev–Trinajstić information content (AvgIpc) is 3.33. The maximum atomic E-state index is 12.3. The van der Waals surface area contributed by atoms with Crippen LogP contribution in [0.1, 0.15) is 31.7 Å². The van der Waals surface area contributed by atoms with Gasteiger partial charge in [0.15, 0.2) is 0 Å². The van der Waals surface area contributed by atoms with Crippen molar-refractivity contribution in [1.29, 1.82) is 0 Å². The van der Waals surface area contributed by atoms with Crippen molar-refractivity contribution in [2.24, 2.45) is 11.8 Å². The topological polar surface area (TPSA) is 84.9 Å². The number of hydrogen-bond donors (Lipinski definition) is 2. The molecule has 6 heteroatoms. The molecule has 23 heavy (non-hydrogen) atoms. The van der Waals surface area contributed by atoms with Crippen molar-refractivity contribution >= 4 is 11.9 Å². The van der Waals surface area contributed by atoms with Gasteiger partial charge in [0.2, 0.25) is 5.91 Å². The SMILES string of the molecule is COc1ccc(OC)c(C2CC2C(=O)NC(C)C(C)C(=O)O)c1. The van der Waals surface area contributed by atoms with E-state index in [1.54, 1.807) is 28.1 Å². The highest BCUT2D eigenvalue weighted by Crippen LogP contribution is 2.51. The van der Waals surface area contributed by atoms with Crippen molar-refractivity contribution in [3.05, 3.63) is 23.8 Å². The van der Waals surface area contributed by atoms with Gasteiger partial charge < -0.3 is 19.9 Å². The third-order valence-corrected chi connectivity index (χ3v) is 4.47. The third-order valence-electron chi connectivity index (χ3n) is 4.47. The quantitative estimate of drug-likeness (QED) is 0.803. The number of carboxylic acid groups (broad SMARTS) is 1. The second-order valence-corrected chi connectivity index (χ2v) is 5.98. The Morgan fingerprint density at radius 2 is 1.96 bits per heavy atom. The molecule has 126 valence electrons. The molecular formula is C17H23NO5. The molecule has 0 saturated heterocycles. The van der Waals surface area contributed by atoms with E-state index in [1.165, 1.54) is 0 Å². The van der Waals surface area contributed by atoms with Crippen LogP contribution in [0.3, 0.4) is 0 Å². The molecule has 2 N–H and O–H groups in total. The van der Waals surface area contributed by atoms with Crippen LogP contribution in [-0.4, -0.2) is 37.2 Å².